The van der Waals surface area contributed by atoms with Crippen LogP contribution in [-0.2, 0) is 0 Å². The predicted molar refractivity (Wildman–Crippen MR) is 56.7 cm³/mol. The first-order chi connectivity index (χ1) is 6.79. The molecule has 0 amide bonds. The molecule has 0 aromatic heterocycles. The van der Waals surface area contributed by atoms with Gasteiger partial charge in [0.15, 0.2) is 0 Å². The Hall–Kier alpha value is -1.30. The van der Waals surface area contributed by atoms with Gasteiger partial charge in [0.25, 0.3) is 0 Å². The van der Waals surface area contributed by atoms with Crippen molar-refractivity contribution in [3.63, 3.8) is 0 Å². The maximum atomic E-state index is 8.99. The smallest absolute Gasteiger partial charge is 0.138 e. The number of quaternary nitrogens is 1. The Kier molecular flexibility index (Phi) is 4.77. The average Bonchev–Trinajstić information content (AvgIpc) is 2.18. The molecule has 2 nitrogen and oxygen atoms in total. The summed E-state index contributed by atoms with van der Waals surface area (Å²) in [6.07, 6.45) is -0.256. The van der Waals surface area contributed by atoms with Gasteiger partial charge in [-0.2, -0.15) is 0 Å². The average molecular weight is 190 g/mol. The van der Waals surface area contributed by atoms with Crippen LogP contribution in [0.5, 0.6) is 0 Å². The minimum Gasteiger partial charge on any atom is -0.388 e. The summed E-state index contributed by atoms with van der Waals surface area (Å²) in [5.74, 6) is 6.10. The third-order valence-corrected chi connectivity index (χ3v) is 1.76. The zero-order chi connectivity index (χ0) is 10.2. The van der Waals surface area contributed by atoms with E-state index in [9.17, 15) is 0 Å². The van der Waals surface area contributed by atoms with Crippen LogP contribution in [0.15, 0.2) is 30.3 Å². The molecule has 0 saturated carbocycles. The molecule has 0 unspecified atom stereocenters. The molecule has 1 rings (SSSR count). The van der Waals surface area contributed by atoms with Gasteiger partial charge in [-0.3, -0.25) is 0 Å². The fourth-order valence-electron chi connectivity index (χ4n) is 1.07. The van der Waals surface area contributed by atoms with Gasteiger partial charge in [-0.25, -0.2) is 0 Å². The summed E-state index contributed by atoms with van der Waals surface area (Å²) in [4.78, 5) is 0. The number of nitrogens with two attached hydrogens (primary N) is 1. The second-order valence-electron chi connectivity index (χ2n) is 3.25. The minimum atomic E-state index is -0.256. The second-order valence-corrected chi connectivity index (χ2v) is 3.25. The number of hydrogen-bond donors (Lipinski definition) is 2. The normalized spacial score (nSPS) is 11.6. The third kappa shape index (κ3) is 4.66. The van der Waals surface area contributed by atoms with Crippen molar-refractivity contribution in [2.45, 2.75) is 13.0 Å². The van der Waals surface area contributed by atoms with E-state index in [2.05, 4.69) is 11.8 Å². The predicted octanol–water partition coefficient (Wildman–Crippen LogP) is -0.0177. The van der Waals surface area contributed by atoms with Crippen LogP contribution in [0, 0.1) is 11.8 Å². The molecule has 0 aliphatic rings. The topological polar surface area (TPSA) is 36.8 Å². The third-order valence-electron chi connectivity index (χ3n) is 1.76. The van der Waals surface area contributed by atoms with Crippen LogP contribution in [-0.4, -0.2) is 24.3 Å². The Labute approximate surface area is 85.0 Å². The van der Waals surface area contributed by atoms with Gasteiger partial charge in [0.05, 0.1) is 6.10 Å². The van der Waals surface area contributed by atoms with E-state index in [1.165, 1.54) is 0 Å². The zero-order valence-corrected chi connectivity index (χ0v) is 8.40. The SMILES string of the molecule is C[C@@H](O)C[NH2+]CC#Cc1ccccc1. The molecule has 0 fully saturated rings. The number of aliphatic hydroxyl groups is 1. The summed E-state index contributed by atoms with van der Waals surface area (Å²) < 4.78 is 0. The highest BCUT2D eigenvalue weighted by Crippen LogP contribution is 1.93. The van der Waals surface area contributed by atoms with Crippen LogP contribution in [0.1, 0.15) is 12.5 Å². The van der Waals surface area contributed by atoms with Gasteiger partial charge in [-0.1, -0.05) is 24.1 Å². The number of hydrogen-bond acceptors (Lipinski definition) is 1. The van der Waals surface area contributed by atoms with Gasteiger partial charge >= 0.3 is 0 Å². The van der Waals surface area contributed by atoms with Crippen LogP contribution in [0.25, 0.3) is 0 Å². The first-order valence-electron chi connectivity index (χ1n) is 4.82. The monoisotopic (exact) mass is 190 g/mol. The van der Waals surface area contributed by atoms with Crippen molar-refractivity contribution in [2.75, 3.05) is 13.1 Å². The molecular weight excluding hydrogens is 174 g/mol. The van der Waals surface area contributed by atoms with Gasteiger partial charge in [0, 0.05) is 5.56 Å². The van der Waals surface area contributed by atoms with Crippen molar-refractivity contribution < 1.29 is 10.4 Å². The maximum Gasteiger partial charge on any atom is 0.138 e. The summed E-state index contributed by atoms with van der Waals surface area (Å²) in [5, 5.41) is 11.0. The Bertz CT molecular complexity index is 308. The summed E-state index contributed by atoms with van der Waals surface area (Å²) in [6, 6.07) is 9.90. The Morgan fingerprint density at radius 1 is 1.36 bits per heavy atom. The van der Waals surface area contributed by atoms with Crippen LogP contribution >= 0.6 is 0 Å². The van der Waals surface area contributed by atoms with Crippen molar-refractivity contribution in [1.29, 1.82) is 0 Å². The van der Waals surface area contributed by atoms with E-state index in [1.54, 1.807) is 6.92 Å². The van der Waals surface area contributed by atoms with Crippen LogP contribution in [0.2, 0.25) is 0 Å². The molecule has 0 saturated heterocycles. The van der Waals surface area contributed by atoms with Gasteiger partial charge in [-0.05, 0) is 25.0 Å². The van der Waals surface area contributed by atoms with Crippen molar-refractivity contribution in [3.8, 4) is 11.8 Å². The molecule has 14 heavy (non-hydrogen) atoms. The first kappa shape index (κ1) is 10.8. The second kappa shape index (κ2) is 6.20. The molecule has 0 bridgehead atoms. The summed E-state index contributed by atoms with van der Waals surface area (Å²) in [6.45, 7) is 3.23. The van der Waals surface area contributed by atoms with E-state index < -0.39 is 0 Å². The van der Waals surface area contributed by atoms with Crippen molar-refractivity contribution in [1.82, 2.24) is 0 Å². The lowest BCUT2D eigenvalue weighted by molar-refractivity contribution is -0.649. The van der Waals surface area contributed by atoms with E-state index >= 15 is 0 Å². The largest absolute Gasteiger partial charge is 0.388 e. The molecule has 74 valence electrons. The van der Waals surface area contributed by atoms with E-state index in [0.717, 1.165) is 12.1 Å². The summed E-state index contributed by atoms with van der Waals surface area (Å²) >= 11 is 0. The Morgan fingerprint density at radius 2 is 2.07 bits per heavy atom. The minimum absolute atomic E-state index is 0.256. The Balaban J connectivity index is 2.28. The quantitative estimate of drug-likeness (QED) is 0.510. The standard InChI is InChI=1S/C12H15NO/c1-11(14)10-13-9-5-8-12-6-3-2-4-7-12/h2-4,6-7,11,13-14H,9-10H2,1H3/p+1/t11-/m1/s1. The fourth-order valence-corrected chi connectivity index (χ4v) is 1.07. The molecule has 3 N–H and O–H groups in total. The highest BCUT2D eigenvalue weighted by molar-refractivity contribution is 5.33. The lowest BCUT2D eigenvalue weighted by Crippen LogP contribution is -2.86. The van der Waals surface area contributed by atoms with E-state index in [0.29, 0.717) is 6.54 Å². The number of benzene rings is 1. The van der Waals surface area contributed by atoms with Crippen molar-refractivity contribution in [2.24, 2.45) is 0 Å². The van der Waals surface area contributed by atoms with E-state index in [4.69, 9.17) is 5.11 Å². The summed E-state index contributed by atoms with van der Waals surface area (Å²) in [5.41, 5.74) is 1.04. The lowest BCUT2D eigenvalue weighted by Gasteiger charge is -1.98. The van der Waals surface area contributed by atoms with E-state index in [-0.39, 0.29) is 6.10 Å². The highest BCUT2D eigenvalue weighted by Gasteiger charge is 1.94. The lowest BCUT2D eigenvalue weighted by atomic mass is 10.2. The molecule has 0 heterocycles. The summed E-state index contributed by atoms with van der Waals surface area (Å²) in [7, 11) is 0. The van der Waals surface area contributed by atoms with Crippen molar-refractivity contribution in [3.05, 3.63) is 35.9 Å². The molecule has 1 aromatic rings. The molecule has 1 atom stereocenters. The molecule has 1 aromatic carbocycles. The number of rotatable bonds is 3. The molecule has 0 spiro atoms. The van der Waals surface area contributed by atoms with Crippen LogP contribution in [0.3, 0.4) is 0 Å². The maximum absolute atomic E-state index is 8.99. The zero-order valence-electron chi connectivity index (χ0n) is 8.40. The van der Waals surface area contributed by atoms with Gasteiger partial charge < -0.3 is 10.4 Å². The molecule has 2 heteroatoms. The number of aliphatic hydroxyl groups excluding tert-OH is 1. The molecule has 0 radical (unpaired) electrons. The van der Waals surface area contributed by atoms with Crippen LogP contribution in [0.4, 0.5) is 0 Å². The molecular formula is C12H16NO+. The van der Waals surface area contributed by atoms with Gasteiger partial charge in [-0.15, -0.1) is 0 Å². The van der Waals surface area contributed by atoms with Gasteiger partial charge in [0.2, 0.25) is 0 Å². The molecule has 0 aliphatic carbocycles. The van der Waals surface area contributed by atoms with Crippen molar-refractivity contribution >= 4 is 0 Å². The van der Waals surface area contributed by atoms with Gasteiger partial charge in [0.1, 0.15) is 13.1 Å². The first-order valence-corrected chi connectivity index (χ1v) is 4.82. The highest BCUT2D eigenvalue weighted by atomic mass is 16.3. The fraction of sp³-hybridized carbons (Fsp3) is 0.333. The van der Waals surface area contributed by atoms with E-state index in [1.807, 2.05) is 35.6 Å². The molecule has 0 aliphatic heterocycles. The van der Waals surface area contributed by atoms with Crippen LogP contribution < -0.4 is 5.32 Å². The Morgan fingerprint density at radius 3 is 2.71 bits per heavy atom.